The first-order valence-electron chi connectivity index (χ1n) is 8.15. The Labute approximate surface area is 140 Å². The van der Waals surface area contributed by atoms with E-state index in [9.17, 15) is 19.5 Å². The Morgan fingerprint density at radius 1 is 1.33 bits per heavy atom. The fraction of sp³-hybridized carbons (Fsp3) is 0.471. The topological polar surface area (TPSA) is 98.7 Å². The molecule has 128 valence electrons. The van der Waals surface area contributed by atoms with Gasteiger partial charge < -0.3 is 15.7 Å². The Balaban J connectivity index is 1.58. The van der Waals surface area contributed by atoms with Crippen LogP contribution in [0.1, 0.15) is 37.7 Å². The number of carbonyl (C=O) groups is 3. The van der Waals surface area contributed by atoms with Crippen LogP contribution in [-0.4, -0.2) is 39.9 Å². The molecule has 2 aliphatic rings. The highest BCUT2D eigenvalue weighted by atomic mass is 16.3. The van der Waals surface area contributed by atoms with Crippen molar-refractivity contribution in [1.29, 1.82) is 0 Å². The van der Waals surface area contributed by atoms with Crippen LogP contribution in [0.5, 0.6) is 5.75 Å². The van der Waals surface area contributed by atoms with Crippen LogP contribution in [0.25, 0.3) is 0 Å². The summed E-state index contributed by atoms with van der Waals surface area (Å²) < 4.78 is 0. The lowest BCUT2D eigenvalue weighted by atomic mass is 9.98. The quantitative estimate of drug-likeness (QED) is 0.579. The second-order valence-electron chi connectivity index (χ2n) is 6.49. The number of hydrogen-bond donors (Lipinski definition) is 3. The number of rotatable bonds is 4. The first-order chi connectivity index (χ1) is 11.4. The standard InChI is InChI=1S/C17H21N3O4/c1-11-4-5-12(13(21)10-11)18-14(22)6-9-20-15(23)17(19-16(20)24)7-2-3-8-17/h4-5,10,21H,2-3,6-9H2,1H3,(H,18,22)(H,19,24). The van der Waals surface area contributed by atoms with Crippen LogP contribution >= 0.6 is 0 Å². The lowest BCUT2D eigenvalue weighted by molar-refractivity contribution is -0.131. The number of nitrogens with zero attached hydrogens (tertiary/aromatic N) is 1. The Kier molecular flexibility index (Phi) is 4.17. The minimum Gasteiger partial charge on any atom is -0.506 e. The van der Waals surface area contributed by atoms with E-state index in [2.05, 4.69) is 10.6 Å². The van der Waals surface area contributed by atoms with Crippen molar-refractivity contribution in [1.82, 2.24) is 10.2 Å². The molecule has 3 N–H and O–H groups in total. The molecule has 0 atom stereocenters. The van der Waals surface area contributed by atoms with Crippen molar-refractivity contribution in [3.63, 3.8) is 0 Å². The van der Waals surface area contributed by atoms with Gasteiger partial charge in [0, 0.05) is 13.0 Å². The van der Waals surface area contributed by atoms with Gasteiger partial charge in [0.15, 0.2) is 0 Å². The van der Waals surface area contributed by atoms with Gasteiger partial charge in [-0.25, -0.2) is 4.79 Å². The van der Waals surface area contributed by atoms with Gasteiger partial charge in [-0.05, 0) is 37.5 Å². The maximum atomic E-state index is 12.5. The van der Waals surface area contributed by atoms with E-state index in [0.717, 1.165) is 23.3 Å². The van der Waals surface area contributed by atoms with E-state index in [0.29, 0.717) is 18.5 Å². The molecule has 7 nitrogen and oxygen atoms in total. The van der Waals surface area contributed by atoms with Gasteiger partial charge in [-0.15, -0.1) is 0 Å². The summed E-state index contributed by atoms with van der Waals surface area (Å²) in [5, 5.41) is 15.2. The summed E-state index contributed by atoms with van der Waals surface area (Å²) in [6.07, 6.45) is 3.16. The van der Waals surface area contributed by atoms with Gasteiger partial charge >= 0.3 is 6.03 Å². The molecule has 2 fully saturated rings. The zero-order valence-electron chi connectivity index (χ0n) is 13.6. The zero-order valence-corrected chi connectivity index (χ0v) is 13.6. The third-order valence-corrected chi connectivity index (χ3v) is 4.69. The van der Waals surface area contributed by atoms with Crippen LogP contribution in [0, 0.1) is 6.92 Å². The highest BCUT2D eigenvalue weighted by molar-refractivity contribution is 6.07. The van der Waals surface area contributed by atoms with Crippen molar-refractivity contribution in [2.75, 3.05) is 11.9 Å². The average Bonchev–Trinajstić information content (AvgIpc) is 3.07. The van der Waals surface area contributed by atoms with Gasteiger partial charge in [0.1, 0.15) is 11.3 Å². The normalized spacial score (nSPS) is 19.0. The highest BCUT2D eigenvalue weighted by Gasteiger charge is 2.52. The van der Waals surface area contributed by atoms with E-state index in [4.69, 9.17) is 0 Å². The van der Waals surface area contributed by atoms with Crippen molar-refractivity contribution < 1.29 is 19.5 Å². The summed E-state index contributed by atoms with van der Waals surface area (Å²) in [4.78, 5) is 37.7. The van der Waals surface area contributed by atoms with E-state index in [-0.39, 0.29) is 30.5 Å². The first kappa shape index (κ1) is 16.3. The molecule has 1 saturated heterocycles. The van der Waals surface area contributed by atoms with Crippen molar-refractivity contribution in [2.24, 2.45) is 0 Å². The van der Waals surface area contributed by atoms with Gasteiger partial charge in [0.25, 0.3) is 5.91 Å². The van der Waals surface area contributed by atoms with Crippen LogP contribution in [0.15, 0.2) is 18.2 Å². The molecule has 1 saturated carbocycles. The van der Waals surface area contributed by atoms with Crippen LogP contribution < -0.4 is 10.6 Å². The largest absolute Gasteiger partial charge is 0.506 e. The molecular weight excluding hydrogens is 310 g/mol. The molecule has 4 amide bonds. The Morgan fingerprint density at radius 2 is 2.04 bits per heavy atom. The summed E-state index contributed by atoms with van der Waals surface area (Å²) in [6, 6.07) is 4.52. The number of nitrogens with one attached hydrogen (secondary N) is 2. The number of anilines is 1. The van der Waals surface area contributed by atoms with Crippen molar-refractivity contribution >= 4 is 23.5 Å². The molecule has 1 aliphatic carbocycles. The van der Waals surface area contributed by atoms with E-state index in [1.54, 1.807) is 18.2 Å². The molecule has 1 spiro atoms. The maximum absolute atomic E-state index is 12.5. The van der Waals surface area contributed by atoms with Gasteiger partial charge in [-0.1, -0.05) is 18.9 Å². The lowest BCUT2D eigenvalue weighted by Gasteiger charge is -2.19. The summed E-state index contributed by atoms with van der Waals surface area (Å²) in [6.45, 7) is 1.87. The minimum atomic E-state index is -0.747. The van der Waals surface area contributed by atoms with E-state index < -0.39 is 11.6 Å². The SMILES string of the molecule is Cc1ccc(NC(=O)CCN2C(=O)NC3(CCCC3)C2=O)c(O)c1. The monoisotopic (exact) mass is 331 g/mol. The summed E-state index contributed by atoms with van der Waals surface area (Å²) in [5.74, 6) is -0.596. The zero-order chi connectivity index (χ0) is 17.3. The van der Waals surface area contributed by atoms with Crippen LogP contribution in [0.2, 0.25) is 0 Å². The molecular formula is C17H21N3O4. The Hall–Kier alpha value is -2.57. The lowest BCUT2D eigenvalue weighted by Crippen LogP contribution is -2.44. The second kappa shape index (κ2) is 6.14. The Bertz CT molecular complexity index is 695. The van der Waals surface area contributed by atoms with E-state index in [1.165, 1.54) is 0 Å². The number of urea groups is 1. The smallest absolute Gasteiger partial charge is 0.325 e. The number of aromatic hydroxyl groups is 1. The number of benzene rings is 1. The molecule has 0 radical (unpaired) electrons. The number of imide groups is 1. The molecule has 1 aliphatic heterocycles. The van der Waals surface area contributed by atoms with Crippen LogP contribution in [0.4, 0.5) is 10.5 Å². The van der Waals surface area contributed by atoms with Gasteiger partial charge in [0.2, 0.25) is 5.91 Å². The molecule has 3 rings (SSSR count). The fourth-order valence-electron chi connectivity index (χ4n) is 3.37. The van der Waals surface area contributed by atoms with Crippen molar-refractivity contribution in [3.8, 4) is 5.75 Å². The predicted molar refractivity (Wildman–Crippen MR) is 87.5 cm³/mol. The summed E-state index contributed by atoms with van der Waals surface area (Å²) in [5.41, 5.74) is 0.449. The van der Waals surface area contributed by atoms with E-state index >= 15 is 0 Å². The number of phenolic OH excluding ortho intramolecular Hbond substituents is 1. The molecule has 1 heterocycles. The first-order valence-corrected chi connectivity index (χ1v) is 8.15. The molecule has 0 aromatic heterocycles. The minimum absolute atomic E-state index is 0.0109. The molecule has 0 bridgehead atoms. The number of phenols is 1. The molecule has 1 aromatic rings. The van der Waals surface area contributed by atoms with Gasteiger partial charge in [-0.3, -0.25) is 14.5 Å². The number of amides is 4. The number of hydrogen-bond acceptors (Lipinski definition) is 4. The maximum Gasteiger partial charge on any atom is 0.325 e. The molecule has 24 heavy (non-hydrogen) atoms. The van der Waals surface area contributed by atoms with Crippen LogP contribution in [-0.2, 0) is 9.59 Å². The van der Waals surface area contributed by atoms with E-state index in [1.807, 2.05) is 6.92 Å². The Morgan fingerprint density at radius 3 is 2.71 bits per heavy atom. The molecule has 1 aromatic carbocycles. The number of aryl methyl sites for hydroxylation is 1. The molecule has 7 heteroatoms. The van der Waals surface area contributed by atoms with Gasteiger partial charge in [0.05, 0.1) is 5.69 Å². The average molecular weight is 331 g/mol. The third-order valence-electron chi connectivity index (χ3n) is 4.69. The number of carbonyl (C=O) groups excluding carboxylic acids is 3. The third kappa shape index (κ3) is 2.93. The van der Waals surface area contributed by atoms with Gasteiger partial charge in [-0.2, -0.15) is 0 Å². The van der Waals surface area contributed by atoms with Crippen LogP contribution in [0.3, 0.4) is 0 Å². The highest BCUT2D eigenvalue weighted by Crippen LogP contribution is 2.35. The second-order valence-corrected chi connectivity index (χ2v) is 6.49. The van der Waals surface area contributed by atoms with Crippen molar-refractivity contribution in [2.45, 2.75) is 44.6 Å². The van der Waals surface area contributed by atoms with Crippen molar-refractivity contribution in [3.05, 3.63) is 23.8 Å². The fourth-order valence-corrected chi connectivity index (χ4v) is 3.37. The molecule has 0 unspecified atom stereocenters. The summed E-state index contributed by atoms with van der Waals surface area (Å²) >= 11 is 0. The summed E-state index contributed by atoms with van der Waals surface area (Å²) in [7, 11) is 0. The predicted octanol–water partition coefficient (Wildman–Crippen LogP) is 1.89.